The molecule has 0 aromatic rings. The van der Waals surface area contributed by atoms with E-state index >= 15 is 0 Å². The van der Waals surface area contributed by atoms with E-state index in [2.05, 4.69) is 16.0 Å². The fourth-order valence-electron chi connectivity index (χ4n) is 3.07. The molecular weight excluding hydrogens is 434 g/mol. The van der Waals surface area contributed by atoms with Gasteiger partial charge in [0.15, 0.2) is 6.04 Å². The molecule has 4 amide bonds. The van der Waals surface area contributed by atoms with Crippen molar-refractivity contribution in [3.05, 3.63) is 0 Å². The van der Waals surface area contributed by atoms with Gasteiger partial charge in [0.25, 0.3) is 0 Å². The maximum absolute atomic E-state index is 12.9. The molecule has 0 spiro atoms. The molecule has 9 N–H and O–H groups in total. The zero-order chi connectivity index (χ0) is 25.9. The van der Waals surface area contributed by atoms with Crippen LogP contribution in [0.5, 0.6) is 0 Å². The average molecular weight is 474 g/mol. The van der Waals surface area contributed by atoms with Gasteiger partial charge >= 0.3 is 5.97 Å². The standard InChI is InChI=1S/C21H39N5O7/c1-10(2)8-13(22)18(29)24-14(6-7-16(23)28)19(30)25-15(9-11(3)4)20(31)26-17(12(5)27)21(32)33/h10-15,17,27H,6-9,22H2,1-5H3,(H2,23,28)(H,24,29)(H,25,30)(H,26,31)(H,32,33). The number of primary amides is 1. The lowest BCUT2D eigenvalue weighted by molar-refractivity contribution is -0.145. The van der Waals surface area contributed by atoms with Gasteiger partial charge in [0.05, 0.1) is 12.1 Å². The SMILES string of the molecule is CC(C)CC(N)C(=O)NC(CCC(N)=O)C(=O)NC(CC(C)C)C(=O)NC(C(=O)O)C(C)O. The number of carbonyl (C=O) groups is 5. The minimum Gasteiger partial charge on any atom is -0.480 e. The van der Waals surface area contributed by atoms with E-state index in [1.807, 2.05) is 13.8 Å². The van der Waals surface area contributed by atoms with Crippen molar-refractivity contribution in [2.45, 2.75) is 90.6 Å². The van der Waals surface area contributed by atoms with Crippen molar-refractivity contribution in [3.63, 3.8) is 0 Å². The number of nitrogens with two attached hydrogens (primary N) is 2. The largest absolute Gasteiger partial charge is 0.480 e. The second-order valence-corrected chi connectivity index (χ2v) is 9.06. The van der Waals surface area contributed by atoms with Gasteiger partial charge in [-0.2, -0.15) is 0 Å². The predicted octanol–water partition coefficient (Wildman–Crippen LogP) is -1.41. The Bertz CT molecular complexity index is 696. The molecule has 0 heterocycles. The zero-order valence-electron chi connectivity index (χ0n) is 20.0. The number of aliphatic carboxylic acids is 1. The first kappa shape index (κ1) is 30.3. The van der Waals surface area contributed by atoms with Crippen molar-refractivity contribution in [1.29, 1.82) is 0 Å². The average Bonchev–Trinajstić information content (AvgIpc) is 2.66. The minimum absolute atomic E-state index is 0.0611. The highest BCUT2D eigenvalue weighted by Gasteiger charge is 2.32. The molecule has 0 rings (SSSR count). The van der Waals surface area contributed by atoms with Crippen LogP contribution in [0.25, 0.3) is 0 Å². The molecule has 0 aromatic carbocycles. The predicted molar refractivity (Wildman–Crippen MR) is 120 cm³/mol. The van der Waals surface area contributed by atoms with E-state index in [0.29, 0.717) is 6.42 Å². The number of aliphatic hydroxyl groups is 1. The van der Waals surface area contributed by atoms with Gasteiger partial charge in [-0.1, -0.05) is 27.7 Å². The first-order chi connectivity index (χ1) is 15.1. The molecule has 12 heteroatoms. The molecule has 5 atom stereocenters. The molecule has 0 aliphatic rings. The Morgan fingerprint density at radius 3 is 1.70 bits per heavy atom. The Hall–Kier alpha value is -2.73. The molecule has 0 saturated carbocycles. The van der Waals surface area contributed by atoms with Crippen molar-refractivity contribution >= 4 is 29.6 Å². The van der Waals surface area contributed by atoms with Gasteiger partial charge in [0.1, 0.15) is 12.1 Å². The smallest absolute Gasteiger partial charge is 0.328 e. The van der Waals surface area contributed by atoms with Crippen LogP contribution >= 0.6 is 0 Å². The minimum atomic E-state index is -1.57. The van der Waals surface area contributed by atoms with Crippen molar-refractivity contribution in [2.24, 2.45) is 23.3 Å². The molecule has 12 nitrogen and oxygen atoms in total. The summed E-state index contributed by atoms with van der Waals surface area (Å²) in [4.78, 5) is 60.6. The number of hydrogen-bond acceptors (Lipinski definition) is 7. The van der Waals surface area contributed by atoms with Crippen molar-refractivity contribution < 1.29 is 34.2 Å². The monoisotopic (exact) mass is 473 g/mol. The number of aliphatic hydroxyl groups excluding tert-OH is 1. The van der Waals surface area contributed by atoms with Gasteiger partial charge in [0, 0.05) is 6.42 Å². The Morgan fingerprint density at radius 2 is 1.27 bits per heavy atom. The van der Waals surface area contributed by atoms with Gasteiger partial charge in [-0.15, -0.1) is 0 Å². The fraction of sp³-hybridized carbons (Fsp3) is 0.762. The van der Waals surface area contributed by atoms with Gasteiger partial charge < -0.3 is 37.6 Å². The van der Waals surface area contributed by atoms with E-state index in [1.165, 1.54) is 6.92 Å². The lowest BCUT2D eigenvalue weighted by atomic mass is 10.0. The summed E-state index contributed by atoms with van der Waals surface area (Å²) in [5.74, 6) is -4.16. The zero-order valence-corrected chi connectivity index (χ0v) is 20.0. The lowest BCUT2D eigenvalue weighted by Gasteiger charge is -2.26. The topological polar surface area (TPSA) is 214 Å². The fourth-order valence-corrected chi connectivity index (χ4v) is 3.07. The highest BCUT2D eigenvalue weighted by molar-refractivity contribution is 5.94. The molecule has 0 fully saturated rings. The maximum atomic E-state index is 12.9. The summed E-state index contributed by atoms with van der Waals surface area (Å²) < 4.78 is 0. The van der Waals surface area contributed by atoms with Crippen LogP contribution in [0, 0.1) is 11.8 Å². The summed E-state index contributed by atoms with van der Waals surface area (Å²) in [6, 6.07) is -4.76. The van der Waals surface area contributed by atoms with Crippen LogP contribution in [0.2, 0.25) is 0 Å². The van der Waals surface area contributed by atoms with Crippen LogP contribution in [0.1, 0.15) is 60.3 Å². The van der Waals surface area contributed by atoms with Crippen LogP contribution in [-0.2, 0) is 24.0 Å². The van der Waals surface area contributed by atoms with E-state index in [0.717, 1.165) is 0 Å². The Labute approximate surface area is 194 Å². The number of hydrogen-bond donors (Lipinski definition) is 7. The molecule has 0 aliphatic heterocycles. The number of carboxylic acid groups (broad SMARTS) is 1. The van der Waals surface area contributed by atoms with Crippen LogP contribution < -0.4 is 27.4 Å². The van der Waals surface area contributed by atoms with E-state index in [9.17, 15) is 34.2 Å². The third kappa shape index (κ3) is 12.2. The summed E-state index contributed by atoms with van der Waals surface area (Å²) in [7, 11) is 0. The third-order valence-corrected chi connectivity index (χ3v) is 4.76. The van der Waals surface area contributed by atoms with Gasteiger partial charge in [-0.05, 0) is 38.0 Å². The highest BCUT2D eigenvalue weighted by Crippen LogP contribution is 2.09. The second kappa shape index (κ2) is 14.4. The molecule has 190 valence electrons. The summed E-state index contributed by atoms with van der Waals surface area (Å²) >= 11 is 0. The summed E-state index contributed by atoms with van der Waals surface area (Å²) in [5, 5.41) is 26.0. The number of amides is 4. The molecule has 0 aromatic heterocycles. The lowest BCUT2D eigenvalue weighted by Crippen LogP contribution is -2.58. The number of rotatable bonds is 15. The molecule has 33 heavy (non-hydrogen) atoms. The normalized spacial score (nSPS) is 15.8. The molecule has 0 saturated heterocycles. The Balaban J connectivity index is 5.55. The highest BCUT2D eigenvalue weighted by atomic mass is 16.4. The Kier molecular flexibility index (Phi) is 13.2. The summed E-state index contributed by atoms with van der Waals surface area (Å²) in [6.45, 7) is 8.58. The molecular formula is C21H39N5O7. The first-order valence-corrected chi connectivity index (χ1v) is 11.0. The van der Waals surface area contributed by atoms with Crippen molar-refractivity contribution in [1.82, 2.24) is 16.0 Å². The van der Waals surface area contributed by atoms with Crippen LogP contribution in [0.3, 0.4) is 0 Å². The second-order valence-electron chi connectivity index (χ2n) is 9.06. The molecule has 0 radical (unpaired) electrons. The number of carbonyl (C=O) groups excluding carboxylic acids is 4. The summed E-state index contributed by atoms with van der Waals surface area (Å²) in [5.41, 5.74) is 11.0. The van der Waals surface area contributed by atoms with Gasteiger partial charge in [0.2, 0.25) is 23.6 Å². The van der Waals surface area contributed by atoms with Crippen LogP contribution in [0.4, 0.5) is 0 Å². The number of carboxylic acids is 1. The Morgan fingerprint density at radius 1 is 0.788 bits per heavy atom. The maximum Gasteiger partial charge on any atom is 0.328 e. The summed E-state index contributed by atoms with van der Waals surface area (Å²) in [6.07, 6.45) is -1.13. The molecule has 0 aliphatic carbocycles. The van der Waals surface area contributed by atoms with Crippen LogP contribution in [0.15, 0.2) is 0 Å². The van der Waals surface area contributed by atoms with Crippen molar-refractivity contribution in [2.75, 3.05) is 0 Å². The van der Waals surface area contributed by atoms with Crippen molar-refractivity contribution in [3.8, 4) is 0 Å². The van der Waals surface area contributed by atoms with Gasteiger partial charge in [-0.25, -0.2) is 4.79 Å². The molecule has 5 unspecified atom stereocenters. The quantitative estimate of drug-likeness (QED) is 0.150. The first-order valence-electron chi connectivity index (χ1n) is 11.0. The third-order valence-electron chi connectivity index (χ3n) is 4.76. The number of nitrogens with one attached hydrogen (secondary N) is 3. The van der Waals surface area contributed by atoms with Gasteiger partial charge in [-0.3, -0.25) is 19.2 Å². The van der Waals surface area contributed by atoms with E-state index < -0.39 is 59.9 Å². The van der Waals surface area contributed by atoms with E-state index in [1.54, 1.807) is 13.8 Å². The van der Waals surface area contributed by atoms with E-state index in [-0.39, 0.29) is 31.1 Å². The van der Waals surface area contributed by atoms with E-state index in [4.69, 9.17) is 11.5 Å². The van der Waals surface area contributed by atoms with Crippen LogP contribution in [-0.4, -0.2) is 70.1 Å². The molecule has 0 bridgehead atoms.